The number of rotatable bonds is 13. The van der Waals surface area contributed by atoms with Crippen molar-refractivity contribution >= 4 is 28.5 Å². The lowest BCUT2D eigenvalue weighted by atomic mass is 10.2. The average Bonchev–Trinajstić information content (AvgIpc) is 3.31. The first-order valence-corrected chi connectivity index (χ1v) is 12.9. The summed E-state index contributed by atoms with van der Waals surface area (Å²) in [7, 11) is 1.62. The Kier molecular flexibility index (Phi) is 10.2. The van der Waals surface area contributed by atoms with E-state index < -0.39 is 0 Å². The molecule has 0 saturated carbocycles. The second-order valence-corrected chi connectivity index (χ2v) is 9.23. The van der Waals surface area contributed by atoms with Crippen LogP contribution in [-0.2, 0) is 4.79 Å². The van der Waals surface area contributed by atoms with Crippen LogP contribution in [0.15, 0.2) is 53.9 Å². The van der Waals surface area contributed by atoms with Gasteiger partial charge in [0.05, 0.1) is 25.5 Å². The van der Waals surface area contributed by atoms with Crippen LogP contribution in [0.2, 0.25) is 0 Å². The van der Waals surface area contributed by atoms with Crippen LogP contribution < -0.4 is 19.5 Å². The summed E-state index contributed by atoms with van der Waals surface area (Å²) < 4.78 is 17.0. The Morgan fingerprint density at radius 1 is 1.09 bits per heavy atom. The molecule has 1 amide bonds. The van der Waals surface area contributed by atoms with Crippen molar-refractivity contribution in [3.05, 3.63) is 59.5 Å². The number of benzene rings is 2. The van der Waals surface area contributed by atoms with E-state index in [9.17, 15) is 4.79 Å². The molecule has 0 atom stereocenters. The Balaban J connectivity index is 1.55. The lowest BCUT2D eigenvalue weighted by Crippen LogP contribution is -2.07. The molecular formula is C28H34N2O4S. The van der Waals surface area contributed by atoms with Crippen molar-refractivity contribution in [2.24, 2.45) is 0 Å². The van der Waals surface area contributed by atoms with Crippen molar-refractivity contribution < 1.29 is 19.0 Å². The molecule has 7 heteroatoms. The van der Waals surface area contributed by atoms with Gasteiger partial charge in [-0.15, -0.1) is 11.3 Å². The van der Waals surface area contributed by atoms with Crippen LogP contribution >= 0.6 is 11.3 Å². The quantitative estimate of drug-likeness (QED) is 0.201. The Bertz CT molecular complexity index is 1110. The first-order chi connectivity index (χ1) is 17.0. The van der Waals surface area contributed by atoms with Crippen molar-refractivity contribution in [1.82, 2.24) is 4.98 Å². The van der Waals surface area contributed by atoms with Gasteiger partial charge in [-0.1, -0.05) is 32.3 Å². The molecule has 1 N–H and O–H groups in total. The third-order valence-electron chi connectivity index (χ3n) is 5.13. The first kappa shape index (κ1) is 26.3. The lowest BCUT2D eigenvalue weighted by molar-refractivity contribution is -0.111. The molecule has 1 aromatic heterocycles. The Morgan fingerprint density at radius 3 is 2.60 bits per heavy atom. The van der Waals surface area contributed by atoms with E-state index in [4.69, 9.17) is 14.2 Å². The number of nitrogens with zero attached hydrogens (tertiary/aromatic N) is 1. The van der Waals surface area contributed by atoms with Crippen molar-refractivity contribution in [2.75, 3.05) is 19.0 Å². The minimum absolute atomic E-state index is 0.127. The van der Waals surface area contributed by atoms with E-state index in [0.717, 1.165) is 35.4 Å². The number of hydrogen-bond acceptors (Lipinski definition) is 6. The summed E-state index contributed by atoms with van der Waals surface area (Å²) in [5.41, 5.74) is 2.62. The van der Waals surface area contributed by atoms with Crippen LogP contribution in [0.5, 0.6) is 17.2 Å². The van der Waals surface area contributed by atoms with Crippen LogP contribution in [0.1, 0.15) is 52.0 Å². The van der Waals surface area contributed by atoms with E-state index >= 15 is 0 Å². The molecule has 2 aromatic carbocycles. The summed E-state index contributed by atoms with van der Waals surface area (Å²) in [6.07, 6.45) is 7.95. The van der Waals surface area contributed by atoms with Crippen molar-refractivity contribution in [2.45, 2.75) is 52.6 Å². The third-order valence-corrected chi connectivity index (χ3v) is 5.88. The molecule has 35 heavy (non-hydrogen) atoms. The normalized spacial score (nSPS) is 11.1. The molecule has 3 aromatic rings. The van der Waals surface area contributed by atoms with E-state index in [0.29, 0.717) is 23.2 Å². The fraction of sp³-hybridized carbons (Fsp3) is 0.357. The molecule has 3 rings (SSSR count). The topological polar surface area (TPSA) is 69.7 Å². The summed E-state index contributed by atoms with van der Waals surface area (Å²) in [5.74, 6) is 1.93. The lowest BCUT2D eigenvalue weighted by Gasteiger charge is -2.11. The smallest absolute Gasteiger partial charge is 0.250 e. The molecule has 0 unspecified atom stereocenters. The van der Waals surface area contributed by atoms with Crippen molar-refractivity contribution in [1.29, 1.82) is 0 Å². The molecule has 0 bridgehead atoms. The predicted octanol–water partition coefficient (Wildman–Crippen LogP) is 7.22. The number of carbonyl (C=O) groups excluding carboxylic acids is 1. The van der Waals surface area contributed by atoms with Gasteiger partial charge in [0.25, 0.3) is 0 Å². The van der Waals surface area contributed by atoms with Gasteiger partial charge in [0.1, 0.15) is 5.75 Å². The highest BCUT2D eigenvalue weighted by atomic mass is 32.1. The Hall–Kier alpha value is -3.32. The summed E-state index contributed by atoms with van der Waals surface area (Å²) in [6.45, 7) is 6.84. The maximum absolute atomic E-state index is 12.4. The fourth-order valence-electron chi connectivity index (χ4n) is 3.38. The van der Waals surface area contributed by atoms with E-state index in [1.807, 2.05) is 61.7 Å². The predicted molar refractivity (Wildman–Crippen MR) is 144 cm³/mol. The molecule has 0 radical (unpaired) electrons. The van der Waals surface area contributed by atoms with Gasteiger partial charge < -0.3 is 14.2 Å². The van der Waals surface area contributed by atoms with E-state index in [2.05, 4.69) is 17.2 Å². The molecule has 1 heterocycles. The Labute approximate surface area is 212 Å². The number of unbranched alkanes of at least 4 members (excludes halogenated alkanes) is 3. The first-order valence-electron chi connectivity index (χ1n) is 12.0. The standard InChI is InChI=1S/C28H34N2O4S/c1-5-6-7-8-17-33-25-15-9-21(18-26(25)32-4)10-16-27(31)30-28-29-24(19-35-28)22-11-13-23(14-12-22)34-20(2)3/h9-16,18-20H,5-8,17H2,1-4H3,(H,29,30,31)/b16-10+. The van der Waals surface area contributed by atoms with E-state index in [1.54, 1.807) is 13.2 Å². The minimum Gasteiger partial charge on any atom is -0.493 e. The second-order valence-electron chi connectivity index (χ2n) is 8.37. The molecule has 0 fully saturated rings. The number of nitrogens with one attached hydrogen (secondary N) is 1. The van der Waals surface area contributed by atoms with Crippen LogP contribution in [0.4, 0.5) is 5.13 Å². The monoisotopic (exact) mass is 494 g/mol. The molecule has 186 valence electrons. The van der Waals surface area contributed by atoms with Gasteiger partial charge in [-0.3, -0.25) is 10.1 Å². The number of thiazole rings is 1. The van der Waals surface area contributed by atoms with Crippen LogP contribution in [0.25, 0.3) is 17.3 Å². The average molecular weight is 495 g/mol. The van der Waals surface area contributed by atoms with Crippen LogP contribution in [-0.4, -0.2) is 30.7 Å². The summed E-state index contributed by atoms with van der Waals surface area (Å²) in [5, 5.41) is 5.29. The molecule has 0 aliphatic heterocycles. The zero-order valence-electron chi connectivity index (χ0n) is 20.9. The number of ether oxygens (including phenoxy) is 3. The number of amides is 1. The number of aromatic nitrogens is 1. The number of hydrogen-bond donors (Lipinski definition) is 1. The minimum atomic E-state index is -0.248. The van der Waals surface area contributed by atoms with Gasteiger partial charge in [0.15, 0.2) is 16.6 Å². The Morgan fingerprint density at radius 2 is 1.89 bits per heavy atom. The number of methoxy groups -OCH3 is 1. The maximum atomic E-state index is 12.4. The molecule has 0 spiro atoms. The van der Waals surface area contributed by atoms with Crippen LogP contribution in [0.3, 0.4) is 0 Å². The zero-order valence-corrected chi connectivity index (χ0v) is 21.7. The second kappa shape index (κ2) is 13.5. The summed E-state index contributed by atoms with van der Waals surface area (Å²) in [4.78, 5) is 17.0. The number of anilines is 1. The van der Waals surface area contributed by atoms with E-state index in [1.165, 1.54) is 30.3 Å². The van der Waals surface area contributed by atoms with Gasteiger partial charge in [-0.2, -0.15) is 0 Å². The SMILES string of the molecule is CCCCCCOc1ccc(/C=C/C(=O)Nc2nc(-c3ccc(OC(C)C)cc3)cs2)cc1OC. The van der Waals surface area contributed by atoms with Crippen LogP contribution in [0, 0.1) is 0 Å². The zero-order chi connectivity index (χ0) is 25.0. The van der Waals surface area contributed by atoms with Gasteiger partial charge >= 0.3 is 0 Å². The van der Waals surface area contributed by atoms with E-state index in [-0.39, 0.29) is 12.0 Å². The van der Waals surface area contributed by atoms with Gasteiger partial charge in [-0.25, -0.2) is 4.98 Å². The highest BCUT2D eigenvalue weighted by Crippen LogP contribution is 2.29. The van der Waals surface area contributed by atoms with Gasteiger partial charge in [-0.05, 0) is 68.3 Å². The molecule has 6 nitrogen and oxygen atoms in total. The summed E-state index contributed by atoms with van der Waals surface area (Å²) >= 11 is 1.38. The van der Waals surface area contributed by atoms with Gasteiger partial charge in [0.2, 0.25) is 5.91 Å². The largest absolute Gasteiger partial charge is 0.493 e. The third kappa shape index (κ3) is 8.44. The summed E-state index contributed by atoms with van der Waals surface area (Å²) in [6, 6.07) is 13.4. The van der Waals surface area contributed by atoms with Crippen molar-refractivity contribution in [3.8, 4) is 28.5 Å². The number of carbonyl (C=O) groups is 1. The van der Waals surface area contributed by atoms with Crippen molar-refractivity contribution in [3.63, 3.8) is 0 Å². The molecule has 0 aliphatic rings. The van der Waals surface area contributed by atoms with Gasteiger partial charge in [0, 0.05) is 17.0 Å². The molecule has 0 aliphatic carbocycles. The highest BCUT2D eigenvalue weighted by Gasteiger charge is 2.08. The maximum Gasteiger partial charge on any atom is 0.250 e. The molecule has 0 saturated heterocycles. The highest BCUT2D eigenvalue weighted by molar-refractivity contribution is 7.14. The fourth-order valence-corrected chi connectivity index (χ4v) is 4.10. The molecular weight excluding hydrogens is 460 g/mol.